The SMILES string of the molecule is C[C@@H]1COCCN1C[C@H]1CN(C(=O)O)[C@H](C)CN1CC(=O)N1CC(C)(C)c2nc(CO)c(Cc3ccccc3F)cc21. The first-order valence-electron chi connectivity index (χ1n) is 14.7. The molecule has 0 spiro atoms. The van der Waals surface area contributed by atoms with Gasteiger partial charge < -0.3 is 24.7 Å². The molecule has 11 heteroatoms. The summed E-state index contributed by atoms with van der Waals surface area (Å²) in [6.45, 7) is 11.8. The third-order valence-corrected chi connectivity index (χ3v) is 8.93. The average molecular weight is 584 g/mol. The van der Waals surface area contributed by atoms with Crippen molar-refractivity contribution in [1.82, 2.24) is 19.7 Å². The van der Waals surface area contributed by atoms with Crippen molar-refractivity contribution < 1.29 is 28.9 Å². The second-order valence-corrected chi connectivity index (χ2v) is 12.5. The molecule has 10 nitrogen and oxygen atoms in total. The van der Waals surface area contributed by atoms with Crippen LogP contribution in [0.1, 0.15) is 50.2 Å². The Labute approximate surface area is 246 Å². The Morgan fingerprint density at radius 1 is 1.12 bits per heavy atom. The van der Waals surface area contributed by atoms with Gasteiger partial charge in [0.15, 0.2) is 0 Å². The van der Waals surface area contributed by atoms with E-state index in [9.17, 15) is 24.2 Å². The number of fused-ring (bicyclic) bond motifs is 1. The number of aliphatic hydroxyl groups is 1. The molecule has 2 amide bonds. The third-order valence-electron chi connectivity index (χ3n) is 8.93. The molecule has 3 atom stereocenters. The summed E-state index contributed by atoms with van der Waals surface area (Å²) in [4.78, 5) is 38.5. The van der Waals surface area contributed by atoms with Gasteiger partial charge in [-0.1, -0.05) is 32.0 Å². The molecule has 0 radical (unpaired) electrons. The number of piperazine rings is 1. The molecule has 2 saturated heterocycles. The lowest BCUT2D eigenvalue weighted by atomic mass is 9.90. The fraction of sp³-hybridized carbons (Fsp3) is 0.581. The van der Waals surface area contributed by atoms with E-state index in [1.807, 2.05) is 26.8 Å². The van der Waals surface area contributed by atoms with Crippen molar-refractivity contribution in [2.45, 2.75) is 64.3 Å². The van der Waals surface area contributed by atoms with E-state index in [0.717, 1.165) is 12.2 Å². The zero-order valence-corrected chi connectivity index (χ0v) is 24.9. The van der Waals surface area contributed by atoms with Gasteiger partial charge in [-0.25, -0.2) is 9.18 Å². The highest BCUT2D eigenvalue weighted by Gasteiger charge is 2.42. The van der Waals surface area contributed by atoms with Crippen molar-refractivity contribution in [3.05, 3.63) is 58.7 Å². The summed E-state index contributed by atoms with van der Waals surface area (Å²) in [6, 6.07) is 8.22. The molecule has 2 fully saturated rings. The number of nitrogens with zero attached hydrogens (tertiary/aromatic N) is 5. The molecule has 5 rings (SSSR count). The van der Waals surface area contributed by atoms with Crippen LogP contribution in [0.3, 0.4) is 0 Å². The van der Waals surface area contributed by atoms with Crippen LogP contribution in [-0.4, -0.2) is 113 Å². The van der Waals surface area contributed by atoms with Crippen LogP contribution in [0.15, 0.2) is 30.3 Å². The highest BCUT2D eigenvalue weighted by molar-refractivity contribution is 5.97. The molecular weight excluding hydrogens is 541 g/mol. The predicted octanol–water partition coefficient (Wildman–Crippen LogP) is 2.70. The van der Waals surface area contributed by atoms with Gasteiger partial charge in [0, 0.05) is 62.7 Å². The van der Waals surface area contributed by atoms with Gasteiger partial charge in [-0.15, -0.1) is 0 Å². The predicted molar refractivity (Wildman–Crippen MR) is 156 cm³/mol. The topological polar surface area (TPSA) is 110 Å². The molecule has 0 unspecified atom stereocenters. The fourth-order valence-electron chi connectivity index (χ4n) is 6.50. The van der Waals surface area contributed by atoms with Gasteiger partial charge in [0.05, 0.1) is 43.4 Å². The summed E-state index contributed by atoms with van der Waals surface area (Å²) < 4.78 is 20.1. The molecule has 228 valence electrons. The van der Waals surface area contributed by atoms with E-state index in [2.05, 4.69) is 16.7 Å². The smallest absolute Gasteiger partial charge is 0.407 e. The summed E-state index contributed by atoms with van der Waals surface area (Å²) in [5.41, 5.74) is 2.64. The zero-order chi connectivity index (χ0) is 30.2. The van der Waals surface area contributed by atoms with Gasteiger partial charge in [-0.2, -0.15) is 0 Å². The molecule has 2 aromatic rings. The van der Waals surface area contributed by atoms with E-state index < -0.39 is 11.5 Å². The number of rotatable bonds is 7. The maximum atomic E-state index is 14.5. The largest absolute Gasteiger partial charge is 0.465 e. The zero-order valence-electron chi connectivity index (χ0n) is 24.9. The van der Waals surface area contributed by atoms with E-state index in [-0.39, 0.29) is 49.4 Å². The van der Waals surface area contributed by atoms with Crippen molar-refractivity contribution in [2.75, 3.05) is 57.4 Å². The number of pyridine rings is 1. The lowest BCUT2D eigenvalue weighted by Crippen LogP contribution is -2.64. The molecule has 3 aliphatic rings. The van der Waals surface area contributed by atoms with Gasteiger partial charge in [-0.05, 0) is 37.1 Å². The van der Waals surface area contributed by atoms with E-state index >= 15 is 0 Å². The third kappa shape index (κ3) is 6.15. The van der Waals surface area contributed by atoms with Crippen LogP contribution in [0.2, 0.25) is 0 Å². The summed E-state index contributed by atoms with van der Waals surface area (Å²) in [7, 11) is 0. The summed E-state index contributed by atoms with van der Waals surface area (Å²) in [5.74, 6) is -0.418. The molecule has 0 aliphatic carbocycles. The Morgan fingerprint density at radius 3 is 2.57 bits per heavy atom. The lowest BCUT2D eigenvalue weighted by molar-refractivity contribution is -0.121. The number of benzene rings is 1. The number of amides is 2. The molecule has 42 heavy (non-hydrogen) atoms. The maximum Gasteiger partial charge on any atom is 0.407 e. The molecular formula is C31H42FN5O5. The standard InChI is InChI=1S/C31H42FN5O5/c1-20-13-35(24(15-36(20)30(40)41)14-34-9-10-42-18-21(34)2)16-28(39)37-19-31(3,4)29-27(37)12-23(26(17-38)33-29)11-22-7-5-6-8-25(22)32/h5-8,12,20-21,24,38H,9-11,13-19H2,1-4H3,(H,40,41)/t20-,21-,24+/m1/s1. The first-order valence-corrected chi connectivity index (χ1v) is 14.7. The van der Waals surface area contributed by atoms with Gasteiger partial charge in [-0.3, -0.25) is 19.6 Å². The molecule has 4 heterocycles. The summed E-state index contributed by atoms with van der Waals surface area (Å²) in [5, 5.41) is 20.0. The van der Waals surface area contributed by atoms with Crippen molar-refractivity contribution in [2.24, 2.45) is 0 Å². The Morgan fingerprint density at radius 2 is 1.88 bits per heavy atom. The number of morpholine rings is 1. The summed E-state index contributed by atoms with van der Waals surface area (Å²) in [6.07, 6.45) is -0.698. The highest BCUT2D eigenvalue weighted by Crippen LogP contribution is 2.41. The van der Waals surface area contributed by atoms with Crippen LogP contribution >= 0.6 is 0 Å². The van der Waals surface area contributed by atoms with Crippen molar-refractivity contribution >= 4 is 17.7 Å². The normalized spacial score (nSPS) is 24.6. The maximum absolute atomic E-state index is 14.5. The van der Waals surface area contributed by atoms with Gasteiger partial charge in [0.25, 0.3) is 0 Å². The molecule has 2 N–H and O–H groups in total. The van der Waals surface area contributed by atoms with E-state index in [4.69, 9.17) is 9.72 Å². The lowest BCUT2D eigenvalue weighted by Gasteiger charge is -2.47. The molecule has 1 aromatic heterocycles. The van der Waals surface area contributed by atoms with Crippen LogP contribution in [0, 0.1) is 5.82 Å². The van der Waals surface area contributed by atoms with Crippen LogP contribution in [0.4, 0.5) is 14.9 Å². The summed E-state index contributed by atoms with van der Waals surface area (Å²) >= 11 is 0. The number of aromatic nitrogens is 1. The number of carbonyl (C=O) groups excluding carboxylic acids is 1. The molecule has 0 bridgehead atoms. The first kappa shape index (κ1) is 30.3. The second-order valence-electron chi connectivity index (χ2n) is 12.5. The Bertz CT molecular complexity index is 1320. The number of halogens is 1. The van der Waals surface area contributed by atoms with E-state index in [1.165, 1.54) is 11.0 Å². The van der Waals surface area contributed by atoms with E-state index in [0.29, 0.717) is 61.9 Å². The first-order chi connectivity index (χ1) is 20.0. The Balaban J connectivity index is 1.41. The number of hydrogen-bond acceptors (Lipinski definition) is 7. The van der Waals surface area contributed by atoms with Gasteiger partial charge in [0.2, 0.25) is 5.91 Å². The quantitative estimate of drug-likeness (QED) is 0.512. The fourth-order valence-corrected chi connectivity index (χ4v) is 6.50. The van der Waals surface area contributed by atoms with Crippen LogP contribution in [0.25, 0.3) is 0 Å². The van der Waals surface area contributed by atoms with Crippen molar-refractivity contribution in [3.63, 3.8) is 0 Å². The number of anilines is 1. The minimum atomic E-state index is -0.947. The number of carboxylic acid groups (broad SMARTS) is 1. The highest BCUT2D eigenvalue weighted by atomic mass is 19.1. The number of aliphatic hydroxyl groups excluding tert-OH is 1. The van der Waals surface area contributed by atoms with Crippen LogP contribution in [-0.2, 0) is 28.0 Å². The van der Waals surface area contributed by atoms with Crippen LogP contribution < -0.4 is 4.90 Å². The van der Waals surface area contributed by atoms with Crippen LogP contribution in [0.5, 0.6) is 0 Å². The van der Waals surface area contributed by atoms with Gasteiger partial charge in [0.1, 0.15) is 5.82 Å². The Hall–Kier alpha value is -3.12. The molecule has 0 saturated carbocycles. The minimum Gasteiger partial charge on any atom is -0.465 e. The van der Waals surface area contributed by atoms with Crippen molar-refractivity contribution in [3.8, 4) is 0 Å². The number of hydrogen-bond donors (Lipinski definition) is 2. The second kappa shape index (κ2) is 12.2. The molecule has 1 aromatic carbocycles. The van der Waals surface area contributed by atoms with E-state index in [1.54, 1.807) is 23.1 Å². The minimum absolute atomic E-state index is 0.0896. The average Bonchev–Trinajstić information content (AvgIpc) is 3.21. The monoisotopic (exact) mass is 583 g/mol. The van der Waals surface area contributed by atoms with Crippen molar-refractivity contribution in [1.29, 1.82) is 0 Å². The Kier molecular flexibility index (Phi) is 8.84. The number of ether oxygens (including phenoxy) is 1. The molecule has 3 aliphatic heterocycles. The number of carbonyl (C=O) groups is 2. The van der Waals surface area contributed by atoms with Gasteiger partial charge >= 0.3 is 6.09 Å².